The summed E-state index contributed by atoms with van der Waals surface area (Å²) < 4.78 is 33.1. The average molecular weight is 495 g/mol. The fourth-order valence-corrected chi connectivity index (χ4v) is 4.62. The van der Waals surface area contributed by atoms with Gasteiger partial charge in [-0.2, -0.15) is 5.10 Å². The van der Waals surface area contributed by atoms with E-state index in [1.54, 1.807) is 24.3 Å². The van der Waals surface area contributed by atoms with Gasteiger partial charge < -0.3 is 10.1 Å². The van der Waals surface area contributed by atoms with Gasteiger partial charge in [0.15, 0.2) is 0 Å². The molecule has 10 heteroatoms. The number of anilines is 2. The summed E-state index contributed by atoms with van der Waals surface area (Å²) in [5.74, 6) is -0.357. The summed E-state index contributed by atoms with van der Waals surface area (Å²) in [6.07, 6.45) is 1.48. The van der Waals surface area contributed by atoms with Gasteiger partial charge >= 0.3 is 0 Å². The van der Waals surface area contributed by atoms with E-state index in [9.17, 15) is 18.0 Å². The second-order valence-corrected chi connectivity index (χ2v) is 9.48. The van der Waals surface area contributed by atoms with E-state index in [0.717, 1.165) is 15.4 Å². The molecule has 0 radical (unpaired) electrons. The standard InChI is InChI=1S/C25H26N4O5S/c1-18-5-4-6-20(15-18)16-26-28-25(31)17-29(22-9-11-23(34-3)12-10-22)35(32,33)24-13-7-21(8-14-24)27-19(2)30/h4-16H,17H2,1-3H3,(H,27,30)(H,28,31)/b26-16-. The molecule has 3 rings (SSSR count). The van der Waals surface area contributed by atoms with Gasteiger partial charge in [-0.05, 0) is 61.0 Å². The van der Waals surface area contributed by atoms with Crippen molar-refractivity contribution in [3.63, 3.8) is 0 Å². The minimum absolute atomic E-state index is 0.0431. The lowest BCUT2D eigenvalue weighted by Gasteiger charge is -2.24. The zero-order valence-corrected chi connectivity index (χ0v) is 20.4. The summed E-state index contributed by atoms with van der Waals surface area (Å²) in [7, 11) is -2.63. The number of amides is 2. The van der Waals surface area contributed by atoms with Crippen molar-refractivity contribution in [1.29, 1.82) is 0 Å². The Bertz CT molecular complexity index is 1320. The summed E-state index contributed by atoms with van der Waals surface area (Å²) >= 11 is 0. The molecule has 3 aromatic rings. The number of rotatable bonds is 9. The molecule has 0 atom stereocenters. The van der Waals surface area contributed by atoms with Crippen LogP contribution >= 0.6 is 0 Å². The molecule has 0 saturated carbocycles. The summed E-state index contributed by atoms with van der Waals surface area (Å²) in [6, 6.07) is 19.5. The zero-order valence-electron chi connectivity index (χ0n) is 19.6. The van der Waals surface area contributed by atoms with Crippen molar-refractivity contribution in [3.05, 3.63) is 83.9 Å². The highest BCUT2D eigenvalue weighted by Crippen LogP contribution is 2.26. The van der Waals surface area contributed by atoms with Gasteiger partial charge in [-0.25, -0.2) is 13.8 Å². The summed E-state index contributed by atoms with van der Waals surface area (Å²) in [6.45, 7) is 2.79. The Morgan fingerprint density at radius 3 is 2.31 bits per heavy atom. The molecule has 0 saturated heterocycles. The Kier molecular flexibility index (Phi) is 8.21. The SMILES string of the molecule is COc1ccc(N(CC(=O)N/N=C\c2cccc(C)c2)S(=O)(=O)c2ccc(NC(C)=O)cc2)cc1. The first-order valence-corrected chi connectivity index (χ1v) is 12.1. The van der Waals surface area contributed by atoms with Gasteiger partial charge in [0.05, 0.1) is 23.9 Å². The number of sulfonamides is 1. The monoisotopic (exact) mass is 494 g/mol. The van der Waals surface area contributed by atoms with E-state index in [-0.39, 0.29) is 16.5 Å². The fourth-order valence-electron chi connectivity index (χ4n) is 3.20. The van der Waals surface area contributed by atoms with E-state index in [0.29, 0.717) is 11.4 Å². The molecule has 0 aliphatic heterocycles. The average Bonchev–Trinajstić information content (AvgIpc) is 2.82. The highest BCUT2D eigenvalue weighted by molar-refractivity contribution is 7.92. The topological polar surface area (TPSA) is 117 Å². The summed E-state index contributed by atoms with van der Waals surface area (Å²) in [5.41, 5.74) is 4.95. The van der Waals surface area contributed by atoms with E-state index in [1.807, 2.05) is 31.2 Å². The Balaban J connectivity index is 1.85. The summed E-state index contributed by atoms with van der Waals surface area (Å²) in [4.78, 5) is 23.9. The van der Waals surface area contributed by atoms with Crippen LogP contribution in [0, 0.1) is 6.92 Å². The van der Waals surface area contributed by atoms with Crippen LogP contribution in [0.1, 0.15) is 18.1 Å². The molecule has 0 bridgehead atoms. The Labute approximate surface area is 204 Å². The second-order valence-electron chi connectivity index (χ2n) is 7.62. The normalized spacial score (nSPS) is 11.2. The van der Waals surface area contributed by atoms with Gasteiger partial charge in [-0.15, -0.1) is 0 Å². The van der Waals surface area contributed by atoms with E-state index in [1.165, 1.54) is 44.5 Å². The first-order valence-electron chi connectivity index (χ1n) is 10.6. The number of carbonyl (C=O) groups is 2. The molecule has 35 heavy (non-hydrogen) atoms. The van der Waals surface area contributed by atoms with Gasteiger partial charge in [0, 0.05) is 12.6 Å². The number of hydrogen-bond donors (Lipinski definition) is 2. The second kappa shape index (κ2) is 11.3. The van der Waals surface area contributed by atoms with E-state index in [4.69, 9.17) is 4.74 Å². The number of hydrazone groups is 1. The van der Waals surface area contributed by atoms with Crippen LogP contribution in [0.2, 0.25) is 0 Å². The van der Waals surface area contributed by atoms with Crippen molar-refractivity contribution in [2.24, 2.45) is 5.10 Å². The molecule has 2 amide bonds. The Morgan fingerprint density at radius 2 is 1.71 bits per heavy atom. The molecule has 0 heterocycles. The van der Waals surface area contributed by atoms with Gasteiger partial charge in [0.1, 0.15) is 12.3 Å². The molecular formula is C25H26N4O5S. The van der Waals surface area contributed by atoms with Crippen molar-refractivity contribution in [2.75, 3.05) is 23.3 Å². The maximum Gasteiger partial charge on any atom is 0.264 e. The maximum absolute atomic E-state index is 13.5. The van der Waals surface area contributed by atoms with Crippen LogP contribution in [0.25, 0.3) is 0 Å². The van der Waals surface area contributed by atoms with Crippen LogP contribution in [-0.2, 0) is 19.6 Å². The third kappa shape index (κ3) is 6.90. The van der Waals surface area contributed by atoms with Crippen molar-refractivity contribution < 1.29 is 22.7 Å². The lowest BCUT2D eigenvalue weighted by Crippen LogP contribution is -2.39. The molecule has 9 nitrogen and oxygen atoms in total. The molecule has 0 spiro atoms. The quantitative estimate of drug-likeness (QED) is 0.350. The first kappa shape index (κ1) is 25.4. The van der Waals surface area contributed by atoms with Crippen molar-refractivity contribution in [1.82, 2.24) is 5.43 Å². The molecule has 0 fully saturated rings. The number of nitrogens with one attached hydrogen (secondary N) is 2. The van der Waals surface area contributed by atoms with Crippen molar-refractivity contribution >= 4 is 39.4 Å². The summed E-state index contributed by atoms with van der Waals surface area (Å²) in [5, 5.41) is 6.53. The van der Waals surface area contributed by atoms with Crippen LogP contribution in [0.15, 0.2) is 82.8 Å². The number of hydrogen-bond acceptors (Lipinski definition) is 6. The minimum Gasteiger partial charge on any atom is -0.497 e. The molecule has 0 unspecified atom stereocenters. The van der Waals surface area contributed by atoms with Crippen LogP contribution in [0.3, 0.4) is 0 Å². The number of aryl methyl sites for hydroxylation is 1. The van der Waals surface area contributed by atoms with Gasteiger partial charge in [-0.1, -0.05) is 29.8 Å². The van der Waals surface area contributed by atoms with Crippen LogP contribution in [0.4, 0.5) is 11.4 Å². The number of nitrogens with zero attached hydrogens (tertiary/aromatic N) is 2. The molecular weight excluding hydrogens is 468 g/mol. The molecule has 2 N–H and O–H groups in total. The number of methoxy groups -OCH3 is 1. The third-order valence-electron chi connectivity index (χ3n) is 4.86. The predicted octanol–water partition coefficient (Wildman–Crippen LogP) is 3.31. The largest absolute Gasteiger partial charge is 0.497 e. The first-order chi connectivity index (χ1) is 16.7. The Hall–Kier alpha value is -4.18. The molecule has 0 aromatic heterocycles. The number of carbonyl (C=O) groups excluding carboxylic acids is 2. The molecule has 182 valence electrons. The lowest BCUT2D eigenvalue weighted by atomic mass is 10.2. The minimum atomic E-state index is -4.13. The van der Waals surface area contributed by atoms with Crippen LogP contribution in [0.5, 0.6) is 5.75 Å². The molecule has 0 aliphatic carbocycles. The van der Waals surface area contributed by atoms with Crippen molar-refractivity contribution in [3.8, 4) is 5.75 Å². The molecule has 0 aliphatic rings. The highest BCUT2D eigenvalue weighted by Gasteiger charge is 2.27. The lowest BCUT2D eigenvalue weighted by molar-refractivity contribution is -0.119. The van der Waals surface area contributed by atoms with Gasteiger partial charge in [-0.3, -0.25) is 13.9 Å². The van der Waals surface area contributed by atoms with Gasteiger partial charge in [0.25, 0.3) is 15.9 Å². The van der Waals surface area contributed by atoms with Gasteiger partial charge in [0.2, 0.25) is 5.91 Å². The third-order valence-corrected chi connectivity index (χ3v) is 6.64. The predicted molar refractivity (Wildman–Crippen MR) is 135 cm³/mol. The van der Waals surface area contributed by atoms with E-state index in [2.05, 4.69) is 15.8 Å². The maximum atomic E-state index is 13.5. The van der Waals surface area contributed by atoms with E-state index < -0.39 is 22.5 Å². The van der Waals surface area contributed by atoms with Crippen molar-refractivity contribution in [2.45, 2.75) is 18.7 Å². The van der Waals surface area contributed by atoms with Crippen LogP contribution in [-0.4, -0.2) is 40.1 Å². The zero-order chi connectivity index (χ0) is 25.4. The highest BCUT2D eigenvalue weighted by atomic mass is 32.2. The Morgan fingerprint density at radius 1 is 1.03 bits per heavy atom. The fraction of sp³-hybridized carbons (Fsp3) is 0.160. The van der Waals surface area contributed by atoms with Crippen LogP contribution < -0.4 is 19.8 Å². The smallest absolute Gasteiger partial charge is 0.264 e. The number of benzene rings is 3. The van der Waals surface area contributed by atoms with E-state index >= 15 is 0 Å². The number of ether oxygens (including phenoxy) is 1. The molecule has 3 aromatic carbocycles.